The van der Waals surface area contributed by atoms with Crippen molar-refractivity contribution in [2.24, 2.45) is 5.92 Å². The highest BCUT2D eigenvalue weighted by Gasteiger charge is 2.55. The number of piperidine rings is 1. The van der Waals surface area contributed by atoms with Gasteiger partial charge in [-0.2, -0.15) is 0 Å². The third kappa shape index (κ3) is 4.46. The van der Waals surface area contributed by atoms with Crippen molar-refractivity contribution in [1.82, 2.24) is 9.47 Å². The maximum Gasteiger partial charge on any atom is 0.243 e. The second kappa shape index (κ2) is 9.79. The summed E-state index contributed by atoms with van der Waals surface area (Å²) >= 11 is 5.97. The van der Waals surface area contributed by atoms with E-state index in [9.17, 15) is 18.8 Å². The van der Waals surface area contributed by atoms with Crippen LogP contribution in [0.15, 0.2) is 48.7 Å². The number of aromatic nitrogens is 1. The lowest BCUT2D eigenvalue weighted by atomic mass is 9.90. The molecule has 2 aromatic carbocycles. The number of para-hydroxylation sites is 1. The molecule has 5 rings (SSSR count). The molecule has 1 aliphatic heterocycles. The quantitative estimate of drug-likeness (QED) is 0.379. The van der Waals surface area contributed by atoms with Gasteiger partial charge in [-0.25, -0.2) is 4.39 Å². The molecule has 188 valence electrons. The van der Waals surface area contributed by atoms with Gasteiger partial charge in [0, 0.05) is 48.2 Å². The Bertz CT molecular complexity index is 1350. The molecule has 0 bridgehead atoms. The third-order valence-electron chi connectivity index (χ3n) is 7.47. The molecule has 1 aromatic heterocycles. The largest absolute Gasteiger partial charge is 0.384 e. The Morgan fingerprint density at radius 3 is 2.67 bits per heavy atom. The number of methoxy groups -OCH3 is 1. The summed E-state index contributed by atoms with van der Waals surface area (Å²) in [6.45, 7) is 1.72. The van der Waals surface area contributed by atoms with Crippen LogP contribution in [0, 0.1) is 11.7 Å². The summed E-state index contributed by atoms with van der Waals surface area (Å²) in [6, 6.07) is 11.8. The predicted octanol–water partition coefficient (Wildman–Crippen LogP) is 5.02. The number of rotatable bonds is 9. The molecule has 1 saturated carbocycles. The van der Waals surface area contributed by atoms with Crippen LogP contribution in [-0.2, 0) is 20.9 Å². The fourth-order valence-electron chi connectivity index (χ4n) is 5.66. The number of carbonyl (C=O) groups excluding carboxylic acids is 3. The zero-order valence-corrected chi connectivity index (χ0v) is 21.0. The van der Waals surface area contributed by atoms with Gasteiger partial charge in [0.15, 0.2) is 11.6 Å². The SMILES string of the molecule is COC[C@@H](CC(=O)[C@@H]1C[C@H]2C[C@H]2N1C(=O)Cn1cc(C(C)=O)c2ccccc21)c1cccc(Cl)c1F. The second-order valence-electron chi connectivity index (χ2n) is 9.83. The Morgan fingerprint density at radius 2 is 1.92 bits per heavy atom. The number of ether oxygens (including phenoxy) is 1. The number of benzene rings is 2. The second-order valence-corrected chi connectivity index (χ2v) is 10.2. The van der Waals surface area contributed by atoms with E-state index in [2.05, 4.69) is 0 Å². The van der Waals surface area contributed by atoms with Crippen LogP contribution in [0.5, 0.6) is 0 Å². The van der Waals surface area contributed by atoms with Crippen LogP contribution in [0.2, 0.25) is 5.02 Å². The van der Waals surface area contributed by atoms with Gasteiger partial charge in [-0.3, -0.25) is 14.4 Å². The van der Waals surface area contributed by atoms with Crippen molar-refractivity contribution >= 4 is 40.0 Å². The first-order valence-electron chi connectivity index (χ1n) is 12.2. The van der Waals surface area contributed by atoms with Gasteiger partial charge in [0.1, 0.15) is 12.4 Å². The number of fused-ring (bicyclic) bond motifs is 2. The molecule has 6 nitrogen and oxygen atoms in total. The average molecular weight is 511 g/mol. The van der Waals surface area contributed by atoms with Gasteiger partial charge in [0.25, 0.3) is 0 Å². The highest BCUT2D eigenvalue weighted by molar-refractivity contribution is 6.30. The molecule has 2 aliphatic rings. The number of likely N-dealkylation sites (tertiary alicyclic amines) is 1. The van der Waals surface area contributed by atoms with Crippen molar-refractivity contribution in [3.63, 3.8) is 0 Å². The van der Waals surface area contributed by atoms with Gasteiger partial charge in [0.2, 0.25) is 5.91 Å². The molecular formula is C28H28ClFN2O4. The van der Waals surface area contributed by atoms with Crippen LogP contribution in [0.25, 0.3) is 10.9 Å². The molecule has 4 atom stereocenters. The van der Waals surface area contributed by atoms with Crippen LogP contribution in [0.1, 0.15) is 48.0 Å². The summed E-state index contributed by atoms with van der Waals surface area (Å²) in [6.07, 6.45) is 3.29. The molecule has 1 amide bonds. The molecule has 36 heavy (non-hydrogen) atoms. The highest BCUT2D eigenvalue weighted by Crippen LogP contribution is 2.48. The zero-order valence-electron chi connectivity index (χ0n) is 20.2. The van der Waals surface area contributed by atoms with Crippen molar-refractivity contribution in [1.29, 1.82) is 0 Å². The van der Waals surface area contributed by atoms with E-state index >= 15 is 0 Å². The molecule has 2 heterocycles. The molecule has 1 aliphatic carbocycles. The van der Waals surface area contributed by atoms with Crippen LogP contribution in [0.3, 0.4) is 0 Å². The molecule has 0 unspecified atom stereocenters. The summed E-state index contributed by atoms with van der Waals surface area (Å²) < 4.78 is 21.8. The number of amides is 1. The summed E-state index contributed by atoms with van der Waals surface area (Å²) in [4.78, 5) is 40.9. The third-order valence-corrected chi connectivity index (χ3v) is 7.77. The van der Waals surface area contributed by atoms with E-state index in [0.29, 0.717) is 23.5 Å². The Balaban J connectivity index is 1.37. The molecule has 8 heteroatoms. The zero-order chi connectivity index (χ0) is 25.6. The summed E-state index contributed by atoms with van der Waals surface area (Å²) in [5, 5.41) is 0.811. The number of hydrogen-bond acceptors (Lipinski definition) is 4. The van der Waals surface area contributed by atoms with Gasteiger partial charge in [0.05, 0.1) is 17.7 Å². The minimum absolute atomic E-state index is 0.00356. The van der Waals surface area contributed by atoms with E-state index in [-0.39, 0.29) is 48.1 Å². The molecule has 0 radical (unpaired) electrons. The lowest BCUT2D eigenvalue weighted by Gasteiger charge is -2.28. The van der Waals surface area contributed by atoms with Crippen molar-refractivity contribution < 1.29 is 23.5 Å². The molecule has 2 fully saturated rings. The average Bonchev–Trinajstić information content (AvgIpc) is 3.35. The molecular weight excluding hydrogens is 483 g/mol. The maximum atomic E-state index is 14.7. The van der Waals surface area contributed by atoms with E-state index in [4.69, 9.17) is 16.3 Å². The normalized spacial score (nSPS) is 21.4. The number of Topliss-reactive ketones (excluding diaryl/α,β-unsaturated/α-hetero) is 2. The summed E-state index contributed by atoms with van der Waals surface area (Å²) in [7, 11) is 1.51. The van der Waals surface area contributed by atoms with E-state index in [1.165, 1.54) is 20.1 Å². The summed E-state index contributed by atoms with van der Waals surface area (Å²) in [5.41, 5.74) is 1.72. The minimum Gasteiger partial charge on any atom is -0.384 e. The lowest BCUT2D eigenvalue weighted by Crippen LogP contribution is -2.45. The first-order valence-corrected chi connectivity index (χ1v) is 12.5. The lowest BCUT2D eigenvalue weighted by molar-refractivity contribution is -0.139. The van der Waals surface area contributed by atoms with Gasteiger partial charge in [-0.1, -0.05) is 41.9 Å². The fourth-order valence-corrected chi connectivity index (χ4v) is 5.84. The van der Waals surface area contributed by atoms with Gasteiger partial charge >= 0.3 is 0 Å². The first-order chi connectivity index (χ1) is 17.3. The molecule has 1 saturated heterocycles. The molecule has 0 N–H and O–H groups in total. The van der Waals surface area contributed by atoms with Crippen molar-refractivity contribution in [3.8, 4) is 0 Å². The van der Waals surface area contributed by atoms with Crippen LogP contribution in [0.4, 0.5) is 4.39 Å². The van der Waals surface area contributed by atoms with E-state index in [1.54, 1.807) is 27.8 Å². The first kappa shape index (κ1) is 24.7. The van der Waals surface area contributed by atoms with E-state index < -0.39 is 17.8 Å². The number of carbonyl (C=O) groups is 3. The Kier molecular flexibility index (Phi) is 6.70. The smallest absolute Gasteiger partial charge is 0.243 e. The monoisotopic (exact) mass is 510 g/mol. The topological polar surface area (TPSA) is 68.6 Å². The van der Waals surface area contributed by atoms with Crippen molar-refractivity contribution in [2.75, 3.05) is 13.7 Å². The van der Waals surface area contributed by atoms with Gasteiger partial charge < -0.3 is 14.2 Å². The Morgan fingerprint density at radius 1 is 1.14 bits per heavy atom. The summed E-state index contributed by atoms with van der Waals surface area (Å²) in [5.74, 6) is -1.03. The van der Waals surface area contributed by atoms with Gasteiger partial charge in [-0.15, -0.1) is 0 Å². The Labute approximate surface area is 214 Å². The van der Waals surface area contributed by atoms with Crippen LogP contribution < -0.4 is 0 Å². The van der Waals surface area contributed by atoms with Crippen molar-refractivity contribution in [2.45, 2.75) is 50.7 Å². The predicted molar refractivity (Wildman–Crippen MR) is 135 cm³/mol. The molecule has 0 spiro atoms. The highest BCUT2D eigenvalue weighted by atomic mass is 35.5. The number of ketones is 2. The fraction of sp³-hybridized carbons (Fsp3) is 0.393. The van der Waals surface area contributed by atoms with Crippen LogP contribution >= 0.6 is 11.6 Å². The minimum atomic E-state index is -0.544. The van der Waals surface area contributed by atoms with Gasteiger partial charge in [-0.05, 0) is 43.4 Å². The molecule has 3 aromatic rings. The van der Waals surface area contributed by atoms with Crippen molar-refractivity contribution in [3.05, 3.63) is 70.6 Å². The standard InChI is InChI=1S/C28H28ClFN2O4/c1-16(33)21-13-31(23-9-4-3-6-20(21)23)14-27(35)32-24-10-17(24)11-25(32)26(34)12-18(15-36-2)19-7-5-8-22(29)28(19)30/h3-9,13,17-18,24-25H,10-12,14-15H2,1-2H3/t17-,18-,24-,25+/m1/s1. The number of halogens is 2. The van der Waals surface area contributed by atoms with E-state index in [1.807, 2.05) is 24.3 Å². The maximum absolute atomic E-state index is 14.7. The number of hydrogen-bond donors (Lipinski definition) is 0. The number of nitrogens with zero attached hydrogens (tertiary/aromatic N) is 2. The van der Waals surface area contributed by atoms with Crippen LogP contribution in [-0.4, -0.2) is 52.7 Å². The Hall–Kier alpha value is -3.03. The van der Waals surface area contributed by atoms with E-state index in [0.717, 1.165) is 17.3 Å².